The molecule has 0 bridgehead atoms. The van der Waals surface area contributed by atoms with E-state index in [1.807, 2.05) is 42.5 Å². The van der Waals surface area contributed by atoms with Gasteiger partial charge in [0.2, 0.25) is 5.13 Å². The molecule has 1 heterocycles. The molecule has 0 spiro atoms. The Labute approximate surface area is 202 Å². The van der Waals surface area contributed by atoms with Gasteiger partial charge in [-0.3, -0.25) is 4.79 Å². The molecule has 3 aromatic carbocycles. The molecule has 0 unspecified atom stereocenters. The van der Waals surface area contributed by atoms with Crippen molar-refractivity contribution < 1.29 is 14.3 Å². The second-order valence-electron chi connectivity index (χ2n) is 6.57. The molecule has 0 fully saturated rings. The minimum absolute atomic E-state index is 0.210. The van der Waals surface area contributed by atoms with Crippen LogP contribution in [0, 0.1) is 0 Å². The van der Waals surface area contributed by atoms with Crippen LogP contribution in [0.5, 0.6) is 11.5 Å². The van der Waals surface area contributed by atoms with Crippen LogP contribution in [0.4, 0.5) is 5.13 Å². The molecule has 1 amide bonds. The normalized spacial score (nSPS) is 11.1. The molecule has 0 radical (unpaired) electrons. The number of fused-ring (bicyclic) bond motifs is 1. The third-order valence-corrected chi connectivity index (χ3v) is 6.14. The average molecular weight is 531 g/mol. The summed E-state index contributed by atoms with van der Waals surface area (Å²) < 4.78 is 12.8. The van der Waals surface area contributed by atoms with Gasteiger partial charge in [0.1, 0.15) is 11.5 Å². The summed E-state index contributed by atoms with van der Waals surface area (Å²) in [6.45, 7) is -0.210. The molecule has 6 nitrogen and oxygen atoms in total. The molecular formula is C23H17BrClN3O3S. The van der Waals surface area contributed by atoms with Crippen LogP contribution in [0.3, 0.4) is 0 Å². The smallest absolute Gasteiger partial charge is 0.287 e. The maximum Gasteiger partial charge on any atom is 0.287 e. The minimum atomic E-state index is -0.362. The Balaban J connectivity index is 1.61. The van der Waals surface area contributed by atoms with Crippen molar-refractivity contribution in [3.63, 3.8) is 0 Å². The first kappa shape index (κ1) is 22.3. The van der Waals surface area contributed by atoms with E-state index in [2.05, 4.69) is 26.0 Å². The van der Waals surface area contributed by atoms with Crippen LogP contribution in [0.2, 0.25) is 5.02 Å². The molecule has 0 saturated heterocycles. The quantitative estimate of drug-likeness (QED) is 0.212. The van der Waals surface area contributed by atoms with E-state index < -0.39 is 0 Å². The number of thiazole rings is 1. The maximum absolute atomic E-state index is 13.1. The van der Waals surface area contributed by atoms with E-state index in [1.54, 1.807) is 37.6 Å². The molecule has 0 atom stereocenters. The number of hydrogen-bond acceptors (Lipinski definition) is 6. The van der Waals surface area contributed by atoms with E-state index in [-0.39, 0.29) is 12.5 Å². The van der Waals surface area contributed by atoms with Crippen molar-refractivity contribution in [1.82, 2.24) is 4.98 Å². The first-order chi connectivity index (χ1) is 15.5. The fourth-order valence-electron chi connectivity index (χ4n) is 2.74. The number of carbonyl (C=O) groups is 1. The van der Waals surface area contributed by atoms with Gasteiger partial charge in [-0.25, -0.2) is 4.98 Å². The lowest BCUT2D eigenvalue weighted by Gasteiger charge is -2.14. The summed E-state index contributed by atoms with van der Waals surface area (Å²) in [5.41, 5.74) is 1.59. The van der Waals surface area contributed by atoms with E-state index in [0.29, 0.717) is 15.9 Å². The highest BCUT2D eigenvalue weighted by atomic mass is 79.9. The van der Waals surface area contributed by atoms with Gasteiger partial charge in [-0.1, -0.05) is 51.0 Å². The van der Waals surface area contributed by atoms with Gasteiger partial charge in [-0.2, -0.15) is 10.1 Å². The van der Waals surface area contributed by atoms with Crippen molar-refractivity contribution in [3.05, 3.63) is 81.8 Å². The number of carbonyl (C=O) groups excluding carboxylic acids is 1. The van der Waals surface area contributed by atoms with Crippen molar-refractivity contribution in [2.45, 2.75) is 0 Å². The molecule has 0 aliphatic carbocycles. The molecule has 0 aliphatic rings. The molecule has 4 rings (SSSR count). The van der Waals surface area contributed by atoms with Gasteiger partial charge in [-0.15, -0.1) is 0 Å². The van der Waals surface area contributed by atoms with Crippen molar-refractivity contribution >= 4 is 66.3 Å². The number of hydrazone groups is 1. The number of amides is 1. The van der Waals surface area contributed by atoms with Crippen LogP contribution in [0.15, 0.2) is 76.3 Å². The first-order valence-corrected chi connectivity index (χ1v) is 11.5. The number of aromatic nitrogens is 1. The number of ether oxygens (including phenoxy) is 2. The molecule has 1 aromatic heterocycles. The Morgan fingerprint density at radius 2 is 1.84 bits per heavy atom. The van der Waals surface area contributed by atoms with Crippen molar-refractivity contribution in [1.29, 1.82) is 0 Å². The monoisotopic (exact) mass is 529 g/mol. The summed E-state index contributed by atoms with van der Waals surface area (Å²) >= 11 is 10.7. The largest absolute Gasteiger partial charge is 0.497 e. The number of hydrogen-bond donors (Lipinski definition) is 0. The first-order valence-electron chi connectivity index (χ1n) is 9.47. The minimum Gasteiger partial charge on any atom is -0.497 e. The molecule has 0 saturated carbocycles. The summed E-state index contributed by atoms with van der Waals surface area (Å²) in [6, 6.07) is 19.9. The number of methoxy groups -OCH3 is 1. The molecule has 162 valence electrons. The van der Waals surface area contributed by atoms with Gasteiger partial charge >= 0.3 is 0 Å². The standard InChI is InChI=1S/C23H17BrClN3O3S/c1-30-19-10-11-20-21(12-19)32-23(27-20)28(26-13-15-2-4-16(24)5-3-15)22(29)14-31-18-8-6-17(25)7-9-18/h2-13H,14H2,1H3/b26-13+. The van der Waals surface area contributed by atoms with Gasteiger partial charge < -0.3 is 9.47 Å². The van der Waals surface area contributed by atoms with E-state index in [1.165, 1.54) is 16.3 Å². The van der Waals surface area contributed by atoms with E-state index in [4.69, 9.17) is 21.1 Å². The molecular weight excluding hydrogens is 514 g/mol. The fourth-order valence-corrected chi connectivity index (χ4v) is 4.10. The van der Waals surface area contributed by atoms with Gasteiger partial charge in [0, 0.05) is 9.50 Å². The van der Waals surface area contributed by atoms with Crippen LogP contribution < -0.4 is 14.5 Å². The van der Waals surface area contributed by atoms with E-state index in [0.717, 1.165) is 26.0 Å². The SMILES string of the molecule is COc1ccc2nc(N(/N=C/c3ccc(Br)cc3)C(=O)COc3ccc(Cl)cc3)sc2c1. The summed E-state index contributed by atoms with van der Waals surface area (Å²) in [4.78, 5) is 17.6. The molecule has 4 aromatic rings. The summed E-state index contributed by atoms with van der Waals surface area (Å²) in [7, 11) is 1.61. The number of rotatable bonds is 7. The van der Waals surface area contributed by atoms with Gasteiger partial charge in [0.25, 0.3) is 5.91 Å². The van der Waals surface area contributed by atoms with Crippen LogP contribution >= 0.6 is 38.9 Å². The second-order valence-corrected chi connectivity index (χ2v) is 8.94. The van der Waals surface area contributed by atoms with E-state index in [9.17, 15) is 4.79 Å². The highest BCUT2D eigenvalue weighted by Crippen LogP contribution is 2.32. The molecule has 32 heavy (non-hydrogen) atoms. The van der Waals surface area contributed by atoms with Gasteiger partial charge in [0.05, 0.1) is 23.5 Å². The maximum atomic E-state index is 13.1. The average Bonchev–Trinajstić information content (AvgIpc) is 3.22. The van der Waals surface area contributed by atoms with Crippen LogP contribution in [-0.4, -0.2) is 30.8 Å². The van der Waals surface area contributed by atoms with Crippen molar-refractivity contribution in [3.8, 4) is 11.5 Å². The number of anilines is 1. The van der Waals surface area contributed by atoms with Crippen molar-refractivity contribution in [2.24, 2.45) is 5.10 Å². The Morgan fingerprint density at radius 1 is 1.12 bits per heavy atom. The zero-order valence-electron chi connectivity index (χ0n) is 16.9. The summed E-state index contributed by atoms with van der Waals surface area (Å²) in [5.74, 6) is 0.892. The summed E-state index contributed by atoms with van der Waals surface area (Å²) in [6.07, 6.45) is 1.61. The van der Waals surface area contributed by atoms with Crippen molar-refractivity contribution in [2.75, 3.05) is 18.7 Å². The van der Waals surface area contributed by atoms with Gasteiger partial charge in [0.15, 0.2) is 6.61 Å². The van der Waals surface area contributed by atoms with E-state index >= 15 is 0 Å². The lowest BCUT2D eigenvalue weighted by Crippen LogP contribution is -2.30. The zero-order chi connectivity index (χ0) is 22.5. The highest BCUT2D eigenvalue weighted by Gasteiger charge is 2.20. The Bertz CT molecular complexity index is 1260. The van der Waals surface area contributed by atoms with Gasteiger partial charge in [-0.05, 0) is 60.2 Å². The Hall–Kier alpha value is -2.94. The molecule has 0 aliphatic heterocycles. The third-order valence-electron chi connectivity index (χ3n) is 4.37. The third kappa shape index (κ3) is 5.45. The highest BCUT2D eigenvalue weighted by molar-refractivity contribution is 9.10. The molecule has 0 N–H and O–H groups in total. The van der Waals surface area contributed by atoms with Crippen LogP contribution in [0.1, 0.15) is 5.56 Å². The lowest BCUT2D eigenvalue weighted by atomic mass is 10.2. The zero-order valence-corrected chi connectivity index (χ0v) is 20.0. The number of halogens is 2. The lowest BCUT2D eigenvalue weighted by molar-refractivity contribution is -0.120. The Kier molecular flexibility index (Phi) is 7.04. The predicted octanol–water partition coefficient (Wildman–Crippen LogP) is 6.17. The fraction of sp³-hybridized carbons (Fsp3) is 0.0870. The molecule has 9 heteroatoms. The van der Waals surface area contributed by atoms with Crippen LogP contribution in [0.25, 0.3) is 10.2 Å². The summed E-state index contributed by atoms with van der Waals surface area (Å²) in [5, 5.41) is 6.70. The number of benzene rings is 3. The Morgan fingerprint density at radius 3 is 2.56 bits per heavy atom. The second kappa shape index (κ2) is 10.1. The topological polar surface area (TPSA) is 64.0 Å². The predicted molar refractivity (Wildman–Crippen MR) is 132 cm³/mol. The number of nitrogens with zero attached hydrogens (tertiary/aromatic N) is 3. The van der Waals surface area contributed by atoms with Crippen LogP contribution in [-0.2, 0) is 4.79 Å².